The first kappa shape index (κ1) is 8.28. The summed E-state index contributed by atoms with van der Waals surface area (Å²) in [7, 11) is 0. The fourth-order valence-corrected chi connectivity index (χ4v) is 1.10. The van der Waals surface area contributed by atoms with Crippen molar-refractivity contribution in [1.82, 2.24) is 0 Å². The second kappa shape index (κ2) is 2.08. The van der Waals surface area contributed by atoms with Gasteiger partial charge in [0.25, 0.3) is 0 Å². The second-order valence-corrected chi connectivity index (χ2v) is 2.85. The van der Waals surface area contributed by atoms with Crippen LogP contribution in [0.4, 0.5) is 0 Å². The molecular weight excluding hydrogens is 144 g/mol. The van der Waals surface area contributed by atoms with Crippen molar-refractivity contribution >= 4 is 0 Å². The van der Waals surface area contributed by atoms with E-state index in [1.807, 2.05) is 0 Å². The molecule has 1 aliphatic rings. The Balaban J connectivity index is 3.06. The van der Waals surface area contributed by atoms with E-state index in [1.165, 1.54) is 0 Å². The molecule has 6 nitrogen and oxygen atoms in total. The summed E-state index contributed by atoms with van der Waals surface area (Å²) in [5.74, 6) is 0. The van der Waals surface area contributed by atoms with Crippen LogP contribution >= 0.6 is 0 Å². The van der Waals surface area contributed by atoms with Crippen LogP contribution in [0.3, 0.4) is 0 Å². The van der Waals surface area contributed by atoms with Crippen molar-refractivity contribution in [3.63, 3.8) is 0 Å². The summed E-state index contributed by atoms with van der Waals surface area (Å²) < 4.78 is 0. The van der Waals surface area contributed by atoms with Gasteiger partial charge in [0.1, 0.15) is 5.66 Å². The maximum absolute atomic E-state index is 5.56. The lowest BCUT2D eigenvalue weighted by Gasteiger charge is -2.26. The van der Waals surface area contributed by atoms with Crippen LogP contribution in [0.25, 0.3) is 0 Å². The Bertz CT molecular complexity index is 207. The standard InChI is InChI=1S/C5H14N6/c6-1-2(7)4(9)5(10,11)3(1)8/h1,3H,6-11H2. The third-order valence-corrected chi connectivity index (χ3v) is 2.08. The Hall–Kier alpha value is -0.820. The van der Waals surface area contributed by atoms with Gasteiger partial charge in [0.15, 0.2) is 0 Å². The Kier molecular flexibility index (Phi) is 1.57. The van der Waals surface area contributed by atoms with Crippen molar-refractivity contribution in [3.05, 3.63) is 11.4 Å². The molecule has 2 atom stereocenters. The highest BCUT2D eigenvalue weighted by Crippen LogP contribution is 2.21. The quantitative estimate of drug-likeness (QED) is 0.200. The van der Waals surface area contributed by atoms with Gasteiger partial charge in [-0.3, -0.25) is 0 Å². The molecule has 0 radical (unpaired) electrons. The summed E-state index contributed by atoms with van der Waals surface area (Å²) in [4.78, 5) is 0. The van der Waals surface area contributed by atoms with Crippen LogP contribution < -0.4 is 34.4 Å². The molecule has 0 fully saturated rings. The van der Waals surface area contributed by atoms with Crippen LogP contribution in [0, 0.1) is 0 Å². The molecule has 1 rings (SSSR count). The Morgan fingerprint density at radius 2 is 1.55 bits per heavy atom. The zero-order valence-electron chi connectivity index (χ0n) is 6.12. The highest BCUT2D eigenvalue weighted by molar-refractivity contribution is 5.35. The molecule has 1 aliphatic carbocycles. The van der Waals surface area contributed by atoms with Gasteiger partial charge in [-0.1, -0.05) is 0 Å². The first-order valence-electron chi connectivity index (χ1n) is 3.23. The lowest BCUT2D eigenvalue weighted by molar-refractivity contribution is 0.414. The van der Waals surface area contributed by atoms with Crippen molar-refractivity contribution in [3.8, 4) is 0 Å². The van der Waals surface area contributed by atoms with Gasteiger partial charge in [-0.15, -0.1) is 0 Å². The minimum Gasteiger partial charge on any atom is -0.399 e. The van der Waals surface area contributed by atoms with Gasteiger partial charge in [-0.05, 0) is 0 Å². The van der Waals surface area contributed by atoms with Crippen molar-refractivity contribution < 1.29 is 0 Å². The van der Waals surface area contributed by atoms with E-state index in [1.54, 1.807) is 0 Å². The van der Waals surface area contributed by atoms with Crippen molar-refractivity contribution in [1.29, 1.82) is 0 Å². The molecule has 0 bridgehead atoms. The molecule has 12 N–H and O–H groups in total. The number of nitrogens with two attached hydrogens (primary N) is 6. The Morgan fingerprint density at radius 3 is 1.64 bits per heavy atom. The molecule has 0 aromatic rings. The first-order valence-corrected chi connectivity index (χ1v) is 3.23. The molecular formula is C5H14N6. The monoisotopic (exact) mass is 158 g/mol. The number of hydrogen-bond acceptors (Lipinski definition) is 6. The van der Waals surface area contributed by atoms with Crippen molar-refractivity contribution in [2.75, 3.05) is 0 Å². The van der Waals surface area contributed by atoms with Crippen LogP contribution in [0.15, 0.2) is 11.4 Å². The van der Waals surface area contributed by atoms with Crippen molar-refractivity contribution in [2.24, 2.45) is 34.4 Å². The Morgan fingerprint density at radius 1 is 1.09 bits per heavy atom. The largest absolute Gasteiger partial charge is 0.399 e. The predicted octanol–water partition coefficient (Wildman–Crippen LogP) is -3.60. The first-order chi connectivity index (χ1) is 4.89. The van der Waals surface area contributed by atoms with Crippen molar-refractivity contribution in [2.45, 2.75) is 17.7 Å². The van der Waals surface area contributed by atoms with E-state index in [9.17, 15) is 0 Å². The van der Waals surface area contributed by atoms with E-state index >= 15 is 0 Å². The molecule has 0 saturated heterocycles. The third-order valence-electron chi connectivity index (χ3n) is 2.08. The van der Waals surface area contributed by atoms with Gasteiger partial charge < -0.3 is 34.4 Å². The van der Waals surface area contributed by atoms with Gasteiger partial charge in [0, 0.05) is 5.70 Å². The molecule has 64 valence electrons. The summed E-state index contributed by atoms with van der Waals surface area (Å²) in [6.45, 7) is 0. The number of rotatable bonds is 0. The van der Waals surface area contributed by atoms with E-state index in [0.29, 0.717) is 5.70 Å². The average Bonchev–Trinajstić information content (AvgIpc) is 2.06. The molecule has 0 aliphatic heterocycles. The highest BCUT2D eigenvalue weighted by Gasteiger charge is 2.44. The minimum atomic E-state index is -1.26. The predicted molar refractivity (Wildman–Crippen MR) is 42.5 cm³/mol. The van der Waals surface area contributed by atoms with Crippen LogP contribution in [-0.4, -0.2) is 17.7 Å². The Labute approximate surface area is 64.5 Å². The SMILES string of the molecule is NC1=C(N)C(N)(N)C(N)C1N. The maximum Gasteiger partial charge on any atom is 0.124 e. The average molecular weight is 158 g/mol. The lowest BCUT2D eigenvalue weighted by atomic mass is 10.0. The third kappa shape index (κ3) is 0.881. The van der Waals surface area contributed by atoms with E-state index in [2.05, 4.69) is 0 Å². The second-order valence-electron chi connectivity index (χ2n) is 2.85. The normalized spacial score (nSPS) is 36.4. The van der Waals surface area contributed by atoms with Crippen LogP contribution in [0.2, 0.25) is 0 Å². The van der Waals surface area contributed by atoms with Gasteiger partial charge in [-0.2, -0.15) is 0 Å². The molecule has 0 aromatic heterocycles. The topological polar surface area (TPSA) is 156 Å². The van der Waals surface area contributed by atoms with Gasteiger partial charge >= 0.3 is 0 Å². The lowest BCUT2D eigenvalue weighted by Crippen LogP contribution is -2.66. The molecule has 0 spiro atoms. The fraction of sp³-hybridized carbons (Fsp3) is 0.600. The van der Waals surface area contributed by atoms with Gasteiger partial charge in [-0.25, -0.2) is 0 Å². The highest BCUT2D eigenvalue weighted by atomic mass is 15.1. The zero-order valence-corrected chi connectivity index (χ0v) is 6.12. The minimum absolute atomic E-state index is 0.192. The molecule has 11 heavy (non-hydrogen) atoms. The fourth-order valence-electron chi connectivity index (χ4n) is 1.10. The van der Waals surface area contributed by atoms with Gasteiger partial charge in [0.05, 0.1) is 17.8 Å². The summed E-state index contributed by atoms with van der Waals surface area (Å²) in [5, 5.41) is 0. The molecule has 0 aromatic carbocycles. The van der Waals surface area contributed by atoms with E-state index in [4.69, 9.17) is 34.4 Å². The molecule has 6 heteroatoms. The molecule has 0 saturated carbocycles. The van der Waals surface area contributed by atoms with E-state index < -0.39 is 17.7 Å². The smallest absolute Gasteiger partial charge is 0.124 e. The van der Waals surface area contributed by atoms with Crippen LogP contribution in [0.1, 0.15) is 0 Å². The maximum atomic E-state index is 5.56. The molecule has 0 amide bonds. The zero-order chi connectivity index (χ0) is 8.81. The van der Waals surface area contributed by atoms with Gasteiger partial charge in [0.2, 0.25) is 0 Å². The summed E-state index contributed by atoms with van der Waals surface area (Å²) in [5.41, 5.74) is 32.4. The summed E-state index contributed by atoms with van der Waals surface area (Å²) in [6, 6.07) is -1.15. The summed E-state index contributed by atoms with van der Waals surface area (Å²) >= 11 is 0. The number of hydrogen-bond donors (Lipinski definition) is 6. The van der Waals surface area contributed by atoms with Crippen LogP contribution in [-0.2, 0) is 0 Å². The molecule has 0 heterocycles. The summed E-state index contributed by atoms with van der Waals surface area (Å²) in [6.07, 6.45) is 0. The molecule has 2 unspecified atom stereocenters. The van der Waals surface area contributed by atoms with E-state index in [0.717, 1.165) is 0 Å². The van der Waals surface area contributed by atoms with E-state index in [-0.39, 0.29) is 5.70 Å². The van der Waals surface area contributed by atoms with Crippen LogP contribution in [0.5, 0.6) is 0 Å².